The number of hydrogen-bond donors (Lipinski definition) is 0. The van der Waals surface area contributed by atoms with Crippen LogP contribution in [0.1, 0.15) is 43.9 Å². The van der Waals surface area contributed by atoms with E-state index in [0.29, 0.717) is 32.7 Å². The molecular weight excluding hydrogens is 367 g/mol. The van der Waals surface area contributed by atoms with Crippen molar-refractivity contribution in [1.29, 1.82) is 0 Å². The molecule has 0 spiro atoms. The molecule has 0 saturated carbocycles. The molecule has 3 heterocycles. The summed E-state index contributed by atoms with van der Waals surface area (Å²) >= 11 is 0. The predicted molar refractivity (Wildman–Crippen MR) is 86.4 cm³/mol. The lowest BCUT2D eigenvalue weighted by molar-refractivity contribution is -0.148. The second-order valence-corrected chi connectivity index (χ2v) is 6.64. The summed E-state index contributed by atoms with van der Waals surface area (Å²) in [5.41, 5.74) is 0. The molecule has 0 N–H and O–H groups in total. The van der Waals surface area contributed by atoms with E-state index >= 15 is 0 Å². The van der Waals surface area contributed by atoms with Crippen molar-refractivity contribution in [3.63, 3.8) is 0 Å². The van der Waals surface area contributed by atoms with Crippen molar-refractivity contribution in [2.45, 2.75) is 44.9 Å². The van der Waals surface area contributed by atoms with Gasteiger partial charge in [0.15, 0.2) is 5.82 Å². The van der Waals surface area contributed by atoms with E-state index in [1.54, 1.807) is 11.8 Å². The van der Waals surface area contributed by atoms with Gasteiger partial charge in [0, 0.05) is 39.0 Å². The number of amides is 2. The lowest BCUT2D eigenvalue weighted by Crippen LogP contribution is -2.42. The lowest BCUT2D eigenvalue weighted by atomic mass is 10.1. The topological polar surface area (TPSA) is 80.6 Å². The largest absolute Gasteiger partial charge is 0.451 e. The summed E-state index contributed by atoms with van der Waals surface area (Å²) < 4.78 is 45.0. The third kappa shape index (κ3) is 4.23. The maximum Gasteiger partial charge on any atom is 0.451 e. The molecule has 0 radical (unpaired) electrons. The Bertz CT molecular complexity index is 700. The first-order valence-corrected chi connectivity index (χ1v) is 8.94. The third-order valence-electron chi connectivity index (χ3n) is 4.90. The fourth-order valence-corrected chi connectivity index (χ4v) is 3.44. The van der Waals surface area contributed by atoms with E-state index in [-0.39, 0.29) is 43.6 Å². The van der Waals surface area contributed by atoms with Gasteiger partial charge in [-0.3, -0.25) is 9.59 Å². The Morgan fingerprint density at radius 3 is 2.41 bits per heavy atom. The molecule has 1 saturated heterocycles. The molecule has 0 aromatic carbocycles. The first-order chi connectivity index (χ1) is 12.8. The quantitative estimate of drug-likeness (QED) is 0.774. The Labute approximate surface area is 154 Å². The van der Waals surface area contributed by atoms with E-state index in [0.717, 1.165) is 4.57 Å². The Kier molecular flexibility index (Phi) is 5.68. The standard InChI is InChI=1S/C16H22F3N5O3/c1-11-14-20-21-15(16(17,18)19)24(14)6-5-23(11)13(26)4-2-3-12(25)22-7-9-27-10-8-22/h11H,2-10H2,1H3. The highest BCUT2D eigenvalue weighted by Gasteiger charge is 2.41. The molecule has 150 valence electrons. The van der Waals surface area contributed by atoms with Gasteiger partial charge in [-0.1, -0.05) is 0 Å². The summed E-state index contributed by atoms with van der Waals surface area (Å²) in [6.07, 6.45) is -3.74. The van der Waals surface area contributed by atoms with Gasteiger partial charge >= 0.3 is 6.18 Å². The number of alkyl halides is 3. The van der Waals surface area contributed by atoms with Gasteiger partial charge in [-0.15, -0.1) is 10.2 Å². The zero-order chi connectivity index (χ0) is 19.6. The number of fused-ring (bicyclic) bond motifs is 1. The molecule has 1 unspecified atom stereocenters. The van der Waals surface area contributed by atoms with Gasteiger partial charge in [-0.2, -0.15) is 13.2 Å². The molecule has 3 rings (SSSR count). The fraction of sp³-hybridized carbons (Fsp3) is 0.750. The maximum atomic E-state index is 12.9. The summed E-state index contributed by atoms with van der Waals surface area (Å²) in [6.45, 7) is 3.97. The van der Waals surface area contributed by atoms with Gasteiger partial charge in [0.2, 0.25) is 17.6 Å². The van der Waals surface area contributed by atoms with Crippen LogP contribution in [0.2, 0.25) is 0 Å². The van der Waals surface area contributed by atoms with Crippen LogP contribution < -0.4 is 0 Å². The normalized spacial score (nSPS) is 20.5. The molecule has 1 aromatic heterocycles. The van der Waals surface area contributed by atoms with Crippen molar-refractivity contribution in [2.24, 2.45) is 0 Å². The van der Waals surface area contributed by atoms with Gasteiger partial charge in [0.25, 0.3) is 0 Å². The second-order valence-electron chi connectivity index (χ2n) is 6.64. The van der Waals surface area contributed by atoms with Gasteiger partial charge in [-0.05, 0) is 13.3 Å². The summed E-state index contributed by atoms with van der Waals surface area (Å²) in [5, 5.41) is 6.87. The number of hydrogen-bond acceptors (Lipinski definition) is 5. The minimum absolute atomic E-state index is 0.0000347. The minimum atomic E-state index is -4.57. The number of rotatable bonds is 4. The van der Waals surface area contributed by atoms with E-state index < -0.39 is 18.0 Å². The van der Waals surface area contributed by atoms with Crippen LogP contribution in [0.3, 0.4) is 0 Å². The van der Waals surface area contributed by atoms with Crippen LogP contribution in [-0.2, 0) is 27.0 Å². The van der Waals surface area contributed by atoms with Crippen LogP contribution in [0, 0.1) is 0 Å². The van der Waals surface area contributed by atoms with Gasteiger partial charge in [0.05, 0.1) is 19.3 Å². The molecular formula is C16H22F3N5O3. The Morgan fingerprint density at radius 1 is 1.07 bits per heavy atom. The van der Waals surface area contributed by atoms with E-state index in [1.165, 1.54) is 4.90 Å². The highest BCUT2D eigenvalue weighted by Crippen LogP contribution is 2.32. The van der Waals surface area contributed by atoms with Crippen molar-refractivity contribution < 1.29 is 27.5 Å². The number of halogens is 3. The summed E-state index contributed by atoms with van der Waals surface area (Å²) in [4.78, 5) is 27.8. The van der Waals surface area contributed by atoms with Crippen LogP contribution in [-0.4, -0.2) is 69.2 Å². The molecule has 2 amide bonds. The summed E-state index contributed by atoms with van der Waals surface area (Å²) in [7, 11) is 0. The number of morpholine rings is 1. The van der Waals surface area contributed by atoms with Crippen molar-refractivity contribution >= 4 is 11.8 Å². The minimum Gasteiger partial charge on any atom is -0.378 e. The molecule has 0 bridgehead atoms. The zero-order valence-electron chi connectivity index (χ0n) is 15.0. The Balaban J connectivity index is 1.54. The van der Waals surface area contributed by atoms with Gasteiger partial charge in [-0.25, -0.2) is 0 Å². The molecule has 1 aromatic rings. The average Bonchev–Trinajstić information content (AvgIpc) is 3.08. The van der Waals surface area contributed by atoms with Crippen molar-refractivity contribution in [1.82, 2.24) is 24.6 Å². The SMILES string of the molecule is CC1c2nnc(C(F)(F)F)n2CCN1C(=O)CCCC(=O)N1CCOCC1. The molecule has 1 atom stereocenters. The van der Waals surface area contributed by atoms with Crippen LogP contribution in [0.15, 0.2) is 0 Å². The molecule has 1 fully saturated rings. The van der Waals surface area contributed by atoms with Crippen LogP contribution in [0.25, 0.3) is 0 Å². The predicted octanol–water partition coefficient (Wildman–Crippen LogP) is 1.23. The summed E-state index contributed by atoms with van der Waals surface area (Å²) in [6, 6.07) is -0.593. The number of nitrogens with zero attached hydrogens (tertiary/aromatic N) is 5. The van der Waals surface area contributed by atoms with E-state index in [9.17, 15) is 22.8 Å². The Hall–Kier alpha value is -2.17. The Morgan fingerprint density at radius 2 is 1.74 bits per heavy atom. The molecule has 8 nitrogen and oxygen atoms in total. The molecule has 11 heteroatoms. The highest BCUT2D eigenvalue weighted by molar-refractivity contribution is 5.79. The van der Waals surface area contributed by atoms with Crippen molar-refractivity contribution in [2.75, 3.05) is 32.8 Å². The molecule has 2 aliphatic rings. The number of carbonyl (C=O) groups excluding carboxylic acids is 2. The van der Waals surface area contributed by atoms with Crippen molar-refractivity contribution in [3.05, 3.63) is 11.6 Å². The maximum absolute atomic E-state index is 12.9. The van der Waals surface area contributed by atoms with E-state index in [4.69, 9.17) is 4.74 Å². The number of aromatic nitrogens is 3. The third-order valence-corrected chi connectivity index (χ3v) is 4.90. The fourth-order valence-electron chi connectivity index (χ4n) is 3.44. The monoisotopic (exact) mass is 389 g/mol. The second kappa shape index (κ2) is 7.83. The van der Waals surface area contributed by atoms with Gasteiger partial charge < -0.3 is 19.1 Å². The molecule has 0 aliphatic carbocycles. The van der Waals surface area contributed by atoms with Crippen LogP contribution in [0.4, 0.5) is 13.2 Å². The van der Waals surface area contributed by atoms with Crippen LogP contribution >= 0.6 is 0 Å². The average molecular weight is 389 g/mol. The van der Waals surface area contributed by atoms with E-state index in [1.807, 2.05) is 0 Å². The first-order valence-electron chi connectivity index (χ1n) is 8.94. The number of carbonyl (C=O) groups is 2. The van der Waals surface area contributed by atoms with Gasteiger partial charge in [0.1, 0.15) is 0 Å². The zero-order valence-corrected chi connectivity index (χ0v) is 15.0. The number of ether oxygens (including phenoxy) is 1. The van der Waals surface area contributed by atoms with Crippen LogP contribution in [0.5, 0.6) is 0 Å². The van der Waals surface area contributed by atoms with E-state index in [2.05, 4.69) is 10.2 Å². The van der Waals surface area contributed by atoms with Crippen molar-refractivity contribution in [3.8, 4) is 0 Å². The lowest BCUT2D eigenvalue weighted by Gasteiger charge is -2.34. The highest BCUT2D eigenvalue weighted by atomic mass is 19.4. The smallest absolute Gasteiger partial charge is 0.378 e. The first kappa shape index (κ1) is 19.6. The molecule has 27 heavy (non-hydrogen) atoms. The summed E-state index contributed by atoms with van der Waals surface area (Å²) in [5.74, 6) is -1.11. The molecule has 2 aliphatic heterocycles.